The van der Waals surface area contributed by atoms with Crippen molar-refractivity contribution in [1.82, 2.24) is 0 Å². The van der Waals surface area contributed by atoms with Crippen LogP contribution in [0.5, 0.6) is 0 Å². The number of hydrogen-bond acceptors (Lipinski definition) is 3. The molecule has 0 bridgehead atoms. The Morgan fingerprint density at radius 3 is 2.22 bits per heavy atom. The van der Waals surface area contributed by atoms with E-state index in [1.54, 1.807) is 0 Å². The molecule has 0 aliphatic rings. The summed E-state index contributed by atoms with van der Waals surface area (Å²) in [7, 11) is 0. The Morgan fingerprint density at radius 1 is 1.67 bits per heavy atom. The molecule has 0 spiro atoms. The molecule has 2 unspecified atom stereocenters. The molecule has 3 nitrogen and oxygen atoms in total. The molecular weight excluding hydrogens is 195 g/mol. The fourth-order valence-corrected chi connectivity index (χ4v) is 0.283. The molecule has 0 aliphatic carbocycles. The largest absolute Gasteiger partial charge is 0.395 e. The Kier molecular flexibility index (Phi) is 9.43. The van der Waals surface area contributed by atoms with Gasteiger partial charge in [0.05, 0.1) is 18.8 Å². The van der Waals surface area contributed by atoms with Crippen LogP contribution in [-0.4, -0.2) is 29.0 Å². The molecule has 0 amide bonds. The van der Waals surface area contributed by atoms with Crippen LogP contribution in [0.2, 0.25) is 0 Å². The standard InChI is InChI=1S/C5H11NO2.Y/c1-2-5(8)4(6)3-7;/h2,4-5,7-8H,1,3,6H2;. The van der Waals surface area contributed by atoms with Gasteiger partial charge in [-0.3, -0.25) is 0 Å². The third-order valence-electron chi connectivity index (χ3n) is 0.891. The van der Waals surface area contributed by atoms with Crippen LogP contribution in [0.4, 0.5) is 0 Å². The average Bonchev–Trinajstić information content (AvgIpc) is 1.84. The van der Waals surface area contributed by atoms with Gasteiger partial charge in [-0.2, -0.15) is 0 Å². The van der Waals surface area contributed by atoms with Gasteiger partial charge in [-0.25, -0.2) is 0 Å². The number of hydrogen-bond donors (Lipinski definition) is 3. The van der Waals surface area contributed by atoms with E-state index in [-0.39, 0.29) is 39.3 Å². The molecule has 4 heteroatoms. The average molecular weight is 206 g/mol. The van der Waals surface area contributed by atoms with Crippen molar-refractivity contribution < 1.29 is 42.9 Å². The normalized spacial score (nSPS) is 15.4. The Hall–Kier alpha value is 0.724. The molecule has 4 N–H and O–H groups in total. The van der Waals surface area contributed by atoms with Gasteiger partial charge < -0.3 is 15.9 Å². The summed E-state index contributed by atoms with van der Waals surface area (Å²) in [6, 6.07) is -0.590. The van der Waals surface area contributed by atoms with Gasteiger partial charge in [-0.1, -0.05) is 6.08 Å². The third-order valence-corrected chi connectivity index (χ3v) is 0.891. The van der Waals surface area contributed by atoms with Gasteiger partial charge in [-0.15, -0.1) is 6.58 Å². The minimum atomic E-state index is -0.792. The van der Waals surface area contributed by atoms with Crippen molar-refractivity contribution in [2.75, 3.05) is 6.61 Å². The Labute approximate surface area is 79.8 Å². The molecular formula is C5H11NO2Y. The molecule has 51 valence electrons. The Balaban J connectivity index is 0. The molecule has 0 heterocycles. The maximum Gasteiger partial charge on any atom is 0.0891 e. The van der Waals surface area contributed by atoms with Crippen LogP contribution < -0.4 is 5.73 Å². The molecule has 9 heavy (non-hydrogen) atoms. The number of rotatable bonds is 3. The zero-order valence-electron chi connectivity index (χ0n) is 5.20. The van der Waals surface area contributed by atoms with Gasteiger partial charge in [0.25, 0.3) is 0 Å². The van der Waals surface area contributed by atoms with Crippen LogP contribution in [0.15, 0.2) is 12.7 Å². The summed E-state index contributed by atoms with van der Waals surface area (Å²) in [5, 5.41) is 17.0. The topological polar surface area (TPSA) is 66.5 Å². The second-order valence-corrected chi connectivity index (χ2v) is 1.57. The monoisotopic (exact) mass is 206 g/mol. The summed E-state index contributed by atoms with van der Waals surface area (Å²) in [5.41, 5.74) is 5.16. The van der Waals surface area contributed by atoms with Crippen molar-refractivity contribution in [3.05, 3.63) is 12.7 Å². The Bertz CT molecular complexity index is 79.4. The van der Waals surface area contributed by atoms with Crippen LogP contribution in [0, 0.1) is 0 Å². The van der Waals surface area contributed by atoms with Gasteiger partial charge in [-0.05, 0) is 0 Å². The van der Waals surface area contributed by atoms with Crippen LogP contribution in [0.3, 0.4) is 0 Å². The smallest absolute Gasteiger partial charge is 0.0891 e. The Morgan fingerprint density at radius 2 is 2.11 bits per heavy atom. The van der Waals surface area contributed by atoms with Gasteiger partial charge >= 0.3 is 0 Å². The number of aliphatic hydroxyl groups is 2. The zero-order valence-corrected chi connectivity index (χ0v) is 8.03. The third kappa shape index (κ3) is 5.18. The van der Waals surface area contributed by atoms with Crippen LogP contribution in [0.25, 0.3) is 0 Å². The van der Waals surface area contributed by atoms with Crippen molar-refractivity contribution in [3.63, 3.8) is 0 Å². The predicted molar refractivity (Wildman–Crippen MR) is 31.3 cm³/mol. The molecule has 0 fully saturated rings. The molecule has 0 aromatic carbocycles. The molecule has 0 aromatic heterocycles. The van der Waals surface area contributed by atoms with Gasteiger partial charge in [0.15, 0.2) is 0 Å². The SMILES string of the molecule is C=CC(O)C(N)CO.[Y]. The second-order valence-electron chi connectivity index (χ2n) is 1.57. The second kappa shape index (κ2) is 6.84. The maximum atomic E-state index is 8.72. The zero-order chi connectivity index (χ0) is 6.57. The van der Waals surface area contributed by atoms with Crippen LogP contribution in [-0.2, 0) is 32.7 Å². The summed E-state index contributed by atoms with van der Waals surface area (Å²) in [6.45, 7) is 3.07. The van der Waals surface area contributed by atoms with Crippen LogP contribution >= 0.6 is 0 Å². The van der Waals surface area contributed by atoms with Crippen molar-refractivity contribution in [1.29, 1.82) is 0 Å². The minimum absolute atomic E-state index is 0. The van der Waals surface area contributed by atoms with E-state index in [0.29, 0.717) is 0 Å². The van der Waals surface area contributed by atoms with E-state index in [0.717, 1.165) is 0 Å². The summed E-state index contributed by atoms with van der Waals surface area (Å²) < 4.78 is 0. The minimum Gasteiger partial charge on any atom is -0.395 e. The summed E-state index contributed by atoms with van der Waals surface area (Å²) in [6.07, 6.45) is 0.501. The van der Waals surface area contributed by atoms with E-state index in [2.05, 4.69) is 6.58 Å². The summed E-state index contributed by atoms with van der Waals surface area (Å²) >= 11 is 0. The molecule has 0 rings (SSSR count). The van der Waals surface area contributed by atoms with E-state index >= 15 is 0 Å². The van der Waals surface area contributed by atoms with Crippen molar-refractivity contribution >= 4 is 0 Å². The van der Waals surface area contributed by atoms with Crippen molar-refractivity contribution in [2.45, 2.75) is 12.1 Å². The molecule has 0 saturated heterocycles. The van der Waals surface area contributed by atoms with Gasteiger partial charge in [0, 0.05) is 32.7 Å². The first-order valence-corrected chi connectivity index (χ1v) is 2.39. The van der Waals surface area contributed by atoms with E-state index in [1.165, 1.54) is 6.08 Å². The summed E-state index contributed by atoms with van der Waals surface area (Å²) in [5.74, 6) is 0. The number of nitrogens with two attached hydrogens (primary N) is 1. The first kappa shape index (κ1) is 12.4. The van der Waals surface area contributed by atoms with Crippen molar-refractivity contribution in [2.24, 2.45) is 5.73 Å². The van der Waals surface area contributed by atoms with Crippen LogP contribution in [0.1, 0.15) is 0 Å². The maximum absolute atomic E-state index is 8.72. The van der Waals surface area contributed by atoms with E-state index in [4.69, 9.17) is 15.9 Å². The molecule has 2 atom stereocenters. The fourth-order valence-electron chi connectivity index (χ4n) is 0.283. The van der Waals surface area contributed by atoms with Gasteiger partial charge in [0.1, 0.15) is 0 Å². The fraction of sp³-hybridized carbons (Fsp3) is 0.600. The van der Waals surface area contributed by atoms with E-state index in [1.807, 2.05) is 0 Å². The molecule has 1 radical (unpaired) electrons. The van der Waals surface area contributed by atoms with Crippen molar-refractivity contribution in [3.8, 4) is 0 Å². The quantitative estimate of drug-likeness (QED) is 0.511. The first-order chi connectivity index (χ1) is 3.72. The van der Waals surface area contributed by atoms with Gasteiger partial charge in [0.2, 0.25) is 0 Å². The predicted octanol–water partition coefficient (Wildman–Crippen LogP) is -1.15. The summed E-state index contributed by atoms with van der Waals surface area (Å²) in [4.78, 5) is 0. The first-order valence-electron chi connectivity index (χ1n) is 2.39. The molecule has 0 aliphatic heterocycles. The number of aliphatic hydroxyl groups excluding tert-OH is 2. The van der Waals surface area contributed by atoms with E-state index < -0.39 is 12.1 Å². The molecule has 0 aromatic rings. The van der Waals surface area contributed by atoms with E-state index in [9.17, 15) is 0 Å². The molecule has 0 saturated carbocycles.